The molecule has 94 valence electrons. The molecule has 0 unspecified atom stereocenters. The van der Waals surface area contributed by atoms with Gasteiger partial charge in [0.2, 0.25) is 0 Å². The van der Waals surface area contributed by atoms with Gasteiger partial charge in [-0.3, -0.25) is 9.59 Å². The third kappa shape index (κ3) is 3.09. The minimum Gasteiger partial charge on any atom is -0.469 e. The lowest BCUT2D eigenvalue weighted by Gasteiger charge is -2.21. The molecule has 0 aliphatic heterocycles. The minimum atomic E-state index is -0.759. The van der Waals surface area contributed by atoms with Crippen molar-refractivity contribution in [3.05, 3.63) is 23.7 Å². The van der Waals surface area contributed by atoms with Crippen molar-refractivity contribution in [3.8, 4) is 0 Å². The second kappa shape index (κ2) is 5.03. The molecule has 1 amide bonds. The Morgan fingerprint density at radius 3 is 2.59 bits per heavy atom. The molecule has 1 N–H and O–H groups in total. The van der Waals surface area contributed by atoms with E-state index >= 15 is 0 Å². The summed E-state index contributed by atoms with van der Waals surface area (Å²) in [5, 5.41) is 2.65. The molecular formula is C12H17NO4. The van der Waals surface area contributed by atoms with Crippen molar-refractivity contribution in [2.75, 3.05) is 13.7 Å². The van der Waals surface area contributed by atoms with E-state index in [-0.39, 0.29) is 24.2 Å². The number of rotatable bonds is 4. The third-order valence-corrected chi connectivity index (χ3v) is 2.50. The molecule has 0 fully saturated rings. The second-order valence-corrected chi connectivity index (χ2v) is 4.49. The molecule has 0 bridgehead atoms. The number of carbonyl (C=O) groups is 2. The van der Waals surface area contributed by atoms with Crippen molar-refractivity contribution < 1.29 is 18.7 Å². The first kappa shape index (κ1) is 13.3. The summed E-state index contributed by atoms with van der Waals surface area (Å²) in [6, 6.07) is 1.71. The van der Waals surface area contributed by atoms with E-state index in [2.05, 4.69) is 10.1 Å². The van der Waals surface area contributed by atoms with Gasteiger partial charge in [-0.1, -0.05) is 0 Å². The van der Waals surface area contributed by atoms with Crippen LogP contribution in [0.15, 0.2) is 16.7 Å². The van der Waals surface area contributed by atoms with E-state index in [4.69, 9.17) is 4.42 Å². The van der Waals surface area contributed by atoms with Gasteiger partial charge in [0.05, 0.1) is 18.8 Å². The zero-order valence-electron chi connectivity index (χ0n) is 10.5. The van der Waals surface area contributed by atoms with Gasteiger partial charge in [0.1, 0.15) is 0 Å². The molecule has 17 heavy (non-hydrogen) atoms. The zero-order chi connectivity index (χ0) is 13.1. The van der Waals surface area contributed by atoms with Crippen molar-refractivity contribution in [3.63, 3.8) is 0 Å². The number of methoxy groups -OCH3 is 1. The fraction of sp³-hybridized carbons (Fsp3) is 0.500. The van der Waals surface area contributed by atoms with Gasteiger partial charge in [-0.25, -0.2) is 0 Å². The summed E-state index contributed by atoms with van der Waals surface area (Å²) in [6.45, 7) is 5.38. The lowest BCUT2D eigenvalue weighted by atomic mass is 9.94. The summed E-state index contributed by atoms with van der Waals surface area (Å²) in [7, 11) is 1.32. The van der Waals surface area contributed by atoms with Crippen LogP contribution in [0.5, 0.6) is 0 Å². The highest BCUT2D eigenvalue weighted by Gasteiger charge is 2.29. The van der Waals surface area contributed by atoms with E-state index in [0.29, 0.717) is 0 Å². The van der Waals surface area contributed by atoms with Crippen LogP contribution < -0.4 is 5.32 Å². The average molecular weight is 239 g/mol. The Kier molecular flexibility index (Phi) is 3.93. The molecule has 5 heteroatoms. The van der Waals surface area contributed by atoms with Crippen LogP contribution in [-0.4, -0.2) is 25.5 Å². The Balaban J connectivity index is 2.60. The highest BCUT2D eigenvalue weighted by atomic mass is 16.5. The Labute approximate surface area is 100 Å². The van der Waals surface area contributed by atoms with Gasteiger partial charge in [0, 0.05) is 12.1 Å². The first-order valence-corrected chi connectivity index (χ1v) is 5.29. The van der Waals surface area contributed by atoms with Crippen molar-refractivity contribution in [1.82, 2.24) is 5.32 Å². The smallest absolute Gasteiger partial charge is 0.313 e. The summed E-state index contributed by atoms with van der Waals surface area (Å²) in [5.41, 5.74) is 0.00336. The van der Waals surface area contributed by atoms with Gasteiger partial charge < -0.3 is 14.5 Å². The number of ether oxygens (including phenoxy) is 1. The van der Waals surface area contributed by atoms with E-state index in [9.17, 15) is 9.59 Å². The summed E-state index contributed by atoms with van der Waals surface area (Å²) < 4.78 is 9.70. The molecule has 1 heterocycles. The van der Waals surface area contributed by atoms with Gasteiger partial charge in [-0.05, 0) is 26.8 Å². The van der Waals surface area contributed by atoms with E-state index in [0.717, 1.165) is 5.56 Å². The summed E-state index contributed by atoms with van der Waals surface area (Å²) in [4.78, 5) is 23.1. The maximum Gasteiger partial charge on any atom is 0.313 e. The molecule has 0 aliphatic carbocycles. The van der Waals surface area contributed by atoms with Crippen LogP contribution in [0.4, 0.5) is 0 Å². The number of carbonyl (C=O) groups excluding carboxylic acids is 2. The maximum atomic E-state index is 11.7. The molecule has 0 saturated carbocycles. The fourth-order valence-corrected chi connectivity index (χ4v) is 1.34. The van der Waals surface area contributed by atoms with E-state index in [1.54, 1.807) is 26.8 Å². The largest absolute Gasteiger partial charge is 0.469 e. The Morgan fingerprint density at radius 1 is 1.47 bits per heavy atom. The number of esters is 1. The van der Waals surface area contributed by atoms with Crippen LogP contribution >= 0.6 is 0 Å². The standard InChI is InChI=1S/C12H17NO4/c1-8-5-6-17-9(8)10(14)13-7-12(2,3)11(15)16-4/h5-6H,7H2,1-4H3,(H,13,14). The molecule has 0 atom stereocenters. The lowest BCUT2D eigenvalue weighted by molar-refractivity contribution is -0.150. The molecular weight excluding hydrogens is 222 g/mol. The van der Waals surface area contributed by atoms with Gasteiger partial charge in [0.25, 0.3) is 5.91 Å². The number of nitrogens with one attached hydrogen (secondary N) is 1. The van der Waals surface area contributed by atoms with Crippen molar-refractivity contribution in [2.24, 2.45) is 5.41 Å². The second-order valence-electron chi connectivity index (χ2n) is 4.49. The maximum absolute atomic E-state index is 11.7. The average Bonchev–Trinajstić information content (AvgIpc) is 2.71. The topological polar surface area (TPSA) is 68.5 Å². The number of amides is 1. The molecule has 1 rings (SSSR count). The molecule has 0 aliphatic rings. The first-order valence-electron chi connectivity index (χ1n) is 5.29. The predicted molar refractivity (Wildman–Crippen MR) is 61.6 cm³/mol. The Hall–Kier alpha value is -1.78. The van der Waals surface area contributed by atoms with Crippen LogP contribution in [0.25, 0.3) is 0 Å². The SMILES string of the molecule is COC(=O)C(C)(C)CNC(=O)c1occc1C. The van der Waals surface area contributed by atoms with Gasteiger partial charge >= 0.3 is 5.97 Å². The monoisotopic (exact) mass is 239 g/mol. The third-order valence-electron chi connectivity index (χ3n) is 2.50. The summed E-state index contributed by atoms with van der Waals surface area (Å²) >= 11 is 0. The van der Waals surface area contributed by atoms with Crippen molar-refractivity contribution in [1.29, 1.82) is 0 Å². The summed E-state index contributed by atoms with van der Waals surface area (Å²) in [5.74, 6) is -0.427. The molecule has 0 aromatic carbocycles. The van der Waals surface area contributed by atoms with E-state index < -0.39 is 5.41 Å². The fourth-order valence-electron chi connectivity index (χ4n) is 1.34. The van der Waals surface area contributed by atoms with Crippen LogP contribution in [0.3, 0.4) is 0 Å². The van der Waals surface area contributed by atoms with E-state index in [1.807, 2.05) is 0 Å². The van der Waals surface area contributed by atoms with Crippen molar-refractivity contribution in [2.45, 2.75) is 20.8 Å². The number of hydrogen-bond donors (Lipinski definition) is 1. The minimum absolute atomic E-state index is 0.193. The van der Waals surface area contributed by atoms with Crippen LogP contribution in [0, 0.1) is 12.3 Å². The van der Waals surface area contributed by atoms with E-state index in [1.165, 1.54) is 13.4 Å². The zero-order valence-corrected chi connectivity index (χ0v) is 10.5. The van der Waals surface area contributed by atoms with Gasteiger partial charge in [-0.15, -0.1) is 0 Å². The molecule has 0 saturated heterocycles. The first-order chi connectivity index (χ1) is 7.88. The number of aryl methyl sites for hydroxylation is 1. The van der Waals surface area contributed by atoms with Crippen LogP contribution in [-0.2, 0) is 9.53 Å². The molecule has 5 nitrogen and oxygen atoms in total. The van der Waals surface area contributed by atoms with Crippen LogP contribution in [0.1, 0.15) is 30.0 Å². The highest BCUT2D eigenvalue weighted by Crippen LogP contribution is 2.16. The predicted octanol–water partition coefficient (Wildman–Crippen LogP) is 1.52. The van der Waals surface area contributed by atoms with Crippen LogP contribution in [0.2, 0.25) is 0 Å². The summed E-state index contributed by atoms with van der Waals surface area (Å²) in [6.07, 6.45) is 1.45. The van der Waals surface area contributed by atoms with Gasteiger partial charge in [-0.2, -0.15) is 0 Å². The quantitative estimate of drug-likeness (QED) is 0.809. The van der Waals surface area contributed by atoms with Gasteiger partial charge in [0.15, 0.2) is 5.76 Å². The Morgan fingerprint density at radius 2 is 2.12 bits per heavy atom. The lowest BCUT2D eigenvalue weighted by Crippen LogP contribution is -2.39. The number of furan rings is 1. The normalized spacial score (nSPS) is 11.1. The molecule has 0 spiro atoms. The number of hydrogen-bond acceptors (Lipinski definition) is 4. The van der Waals surface area contributed by atoms with Crippen molar-refractivity contribution >= 4 is 11.9 Å². The Bertz CT molecular complexity index is 420. The highest BCUT2D eigenvalue weighted by molar-refractivity contribution is 5.93. The molecule has 1 aromatic rings. The molecule has 1 aromatic heterocycles. The molecule has 0 radical (unpaired) electrons.